The molecule has 0 bridgehead atoms. The van der Waals surface area contributed by atoms with Gasteiger partial charge in [0.05, 0.1) is 5.69 Å². The van der Waals surface area contributed by atoms with Crippen LogP contribution in [0.4, 0.5) is 17.1 Å². The third-order valence-electron chi connectivity index (χ3n) is 12.6. The number of benzene rings is 10. The summed E-state index contributed by atoms with van der Waals surface area (Å²) < 4.78 is 0. The van der Waals surface area contributed by atoms with E-state index in [0.29, 0.717) is 0 Å². The van der Waals surface area contributed by atoms with Gasteiger partial charge < -0.3 is 4.90 Å². The molecule has 0 saturated heterocycles. The molecule has 1 heteroatoms. The van der Waals surface area contributed by atoms with Crippen LogP contribution < -0.4 is 4.90 Å². The average Bonchev–Trinajstić information content (AvgIpc) is 3.54. The van der Waals surface area contributed by atoms with E-state index in [9.17, 15) is 0 Å². The summed E-state index contributed by atoms with van der Waals surface area (Å²) in [7, 11) is 0. The minimum atomic E-state index is -0.218. The molecule has 0 aromatic heterocycles. The Bertz CT molecular complexity index is 3200. The van der Waals surface area contributed by atoms with Crippen molar-refractivity contribution in [3.63, 3.8) is 0 Å². The van der Waals surface area contributed by atoms with E-state index >= 15 is 0 Å². The fraction of sp³-hybridized carbons (Fsp3) is 0.0508. The standard InChI is InChI=1S/C59H43N/c1-59(2)55-38-46(42-21-10-5-11-22-42)33-35-51(55)52-36-34-48(39-56(52)59)60(47-24-16-23-45(37-47)41-19-8-4-9-20-41)58-54-28-15-13-26-50(54)49-25-12-14-27-53(49)57(58)44-31-29-43(30-32-44)40-17-6-3-7-18-40/h3-39H,1-2H3. The summed E-state index contributed by atoms with van der Waals surface area (Å²) in [5.74, 6) is 0. The predicted molar refractivity (Wildman–Crippen MR) is 255 cm³/mol. The van der Waals surface area contributed by atoms with Gasteiger partial charge in [-0.05, 0) is 108 Å². The van der Waals surface area contributed by atoms with Crippen LogP contribution in [-0.2, 0) is 5.41 Å². The molecule has 0 fully saturated rings. The molecule has 0 saturated carbocycles. The van der Waals surface area contributed by atoms with E-state index in [2.05, 4.69) is 243 Å². The molecule has 1 aliphatic carbocycles. The lowest BCUT2D eigenvalue weighted by atomic mass is 9.81. The zero-order valence-corrected chi connectivity index (χ0v) is 33.8. The van der Waals surface area contributed by atoms with Gasteiger partial charge in [0, 0.05) is 27.7 Å². The van der Waals surface area contributed by atoms with E-state index in [4.69, 9.17) is 0 Å². The first-order chi connectivity index (χ1) is 29.5. The second-order valence-corrected chi connectivity index (χ2v) is 16.5. The first-order valence-electron chi connectivity index (χ1n) is 20.9. The van der Waals surface area contributed by atoms with E-state index in [0.717, 1.165) is 11.4 Å². The van der Waals surface area contributed by atoms with E-state index in [1.54, 1.807) is 0 Å². The van der Waals surface area contributed by atoms with Crippen LogP contribution in [-0.4, -0.2) is 0 Å². The van der Waals surface area contributed by atoms with Crippen molar-refractivity contribution in [3.05, 3.63) is 236 Å². The number of hydrogen-bond donors (Lipinski definition) is 0. The Morgan fingerprint density at radius 3 is 1.35 bits per heavy atom. The molecule has 0 heterocycles. The van der Waals surface area contributed by atoms with Gasteiger partial charge in [0.1, 0.15) is 0 Å². The minimum absolute atomic E-state index is 0.218. The summed E-state index contributed by atoms with van der Waals surface area (Å²) in [6.07, 6.45) is 0. The molecular formula is C59H43N. The lowest BCUT2D eigenvalue weighted by Crippen LogP contribution is -2.17. The average molecular weight is 766 g/mol. The number of anilines is 3. The molecule has 1 aliphatic rings. The highest BCUT2D eigenvalue weighted by atomic mass is 15.1. The van der Waals surface area contributed by atoms with E-state index in [-0.39, 0.29) is 5.41 Å². The van der Waals surface area contributed by atoms with Gasteiger partial charge >= 0.3 is 0 Å². The normalized spacial score (nSPS) is 12.6. The number of rotatable bonds is 7. The zero-order valence-electron chi connectivity index (χ0n) is 33.8. The molecule has 0 amide bonds. The molecule has 284 valence electrons. The smallest absolute Gasteiger partial charge is 0.0624 e. The van der Waals surface area contributed by atoms with Crippen molar-refractivity contribution >= 4 is 38.6 Å². The Kier molecular flexibility index (Phi) is 8.57. The number of fused-ring (bicyclic) bond motifs is 6. The van der Waals surface area contributed by atoms with Gasteiger partial charge in [-0.15, -0.1) is 0 Å². The van der Waals surface area contributed by atoms with Crippen molar-refractivity contribution in [2.75, 3.05) is 4.90 Å². The summed E-state index contributed by atoms with van der Waals surface area (Å²) in [6.45, 7) is 4.78. The third-order valence-corrected chi connectivity index (χ3v) is 12.6. The molecule has 10 aromatic carbocycles. The van der Waals surface area contributed by atoms with Gasteiger partial charge in [-0.2, -0.15) is 0 Å². The van der Waals surface area contributed by atoms with Gasteiger partial charge in [-0.3, -0.25) is 0 Å². The molecule has 0 N–H and O–H groups in total. The van der Waals surface area contributed by atoms with Crippen molar-refractivity contribution in [2.45, 2.75) is 19.3 Å². The summed E-state index contributed by atoms with van der Waals surface area (Å²) in [5, 5.41) is 4.92. The molecule has 0 unspecified atom stereocenters. The fourth-order valence-corrected chi connectivity index (χ4v) is 9.64. The van der Waals surface area contributed by atoms with Crippen molar-refractivity contribution in [3.8, 4) is 55.6 Å². The Labute approximate surface area is 352 Å². The van der Waals surface area contributed by atoms with E-state index in [1.165, 1.54) is 94.0 Å². The van der Waals surface area contributed by atoms with Crippen molar-refractivity contribution in [1.29, 1.82) is 0 Å². The molecule has 60 heavy (non-hydrogen) atoms. The number of hydrogen-bond acceptors (Lipinski definition) is 1. The Morgan fingerprint density at radius 1 is 0.300 bits per heavy atom. The molecule has 1 nitrogen and oxygen atoms in total. The summed E-state index contributed by atoms with van der Waals surface area (Å²) in [5.41, 5.74) is 18.2. The van der Waals surface area contributed by atoms with Crippen LogP contribution in [0.15, 0.2) is 224 Å². The maximum Gasteiger partial charge on any atom is 0.0624 e. The molecule has 0 aliphatic heterocycles. The van der Waals surface area contributed by atoms with Crippen LogP contribution in [0.5, 0.6) is 0 Å². The molecule has 11 rings (SSSR count). The summed E-state index contributed by atoms with van der Waals surface area (Å²) in [6, 6.07) is 82.5. The van der Waals surface area contributed by atoms with Crippen LogP contribution in [0.1, 0.15) is 25.0 Å². The first kappa shape index (κ1) is 35.7. The van der Waals surface area contributed by atoms with E-state index < -0.39 is 0 Å². The number of nitrogens with zero attached hydrogens (tertiary/aromatic N) is 1. The van der Waals surface area contributed by atoms with Gasteiger partial charge in [0.15, 0.2) is 0 Å². The highest BCUT2D eigenvalue weighted by molar-refractivity contribution is 6.22. The topological polar surface area (TPSA) is 3.24 Å². The first-order valence-corrected chi connectivity index (χ1v) is 20.9. The van der Waals surface area contributed by atoms with Crippen molar-refractivity contribution in [1.82, 2.24) is 0 Å². The Hall–Kier alpha value is -7.48. The minimum Gasteiger partial charge on any atom is -0.309 e. The van der Waals surface area contributed by atoms with Crippen molar-refractivity contribution < 1.29 is 0 Å². The fourth-order valence-electron chi connectivity index (χ4n) is 9.64. The summed E-state index contributed by atoms with van der Waals surface area (Å²) >= 11 is 0. The second kappa shape index (κ2) is 14.4. The second-order valence-electron chi connectivity index (χ2n) is 16.5. The Balaban J connectivity index is 1.18. The monoisotopic (exact) mass is 765 g/mol. The largest absolute Gasteiger partial charge is 0.309 e. The van der Waals surface area contributed by atoms with Gasteiger partial charge in [-0.1, -0.05) is 208 Å². The molecular weight excluding hydrogens is 723 g/mol. The quantitative estimate of drug-likeness (QED) is 0.146. The summed E-state index contributed by atoms with van der Waals surface area (Å²) in [4.78, 5) is 2.54. The van der Waals surface area contributed by atoms with Gasteiger partial charge in [0.2, 0.25) is 0 Å². The van der Waals surface area contributed by atoms with Gasteiger partial charge in [0.25, 0.3) is 0 Å². The van der Waals surface area contributed by atoms with Crippen LogP contribution in [0, 0.1) is 0 Å². The maximum absolute atomic E-state index is 2.54. The molecule has 0 radical (unpaired) electrons. The van der Waals surface area contributed by atoms with Crippen LogP contribution >= 0.6 is 0 Å². The molecule has 0 atom stereocenters. The Morgan fingerprint density at radius 2 is 0.717 bits per heavy atom. The van der Waals surface area contributed by atoms with Crippen LogP contribution in [0.3, 0.4) is 0 Å². The van der Waals surface area contributed by atoms with Crippen LogP contribution in [0.25, 0.3) is 77.2 Å². The van der Waals surface area contributed by atoms with Crippen LogP contribution in [0.2, 0.25) is 0 Å². The van der Waals surface area contributed by atoms with Crippen molar-refractivity contribution in [2.24, 2.45) is 0 Å². The van der Waals surface area contributed by atoms with E-state index in [1.807, 2.05) is 0 Å². The molecule has 0 spiro atoms. The highest BCUT2D eigenvalue weighted by Gasteiger charge is 2.37. The predicted octanol–water partition coefficient (Wildman–Crippen LogP) is 16.4. The van der Waals surface area contributed by atoms with Gasteiger partial charge in [-0.25, -0.2) is 0 Å². The zero-order chi connectivity index (χ0) is 40.2. The highest BCUT2D eigenvalue weighted by Crippen LogP contribution is 2.54. The maximum atomic E-state index is 2.54. The molecule has 10 aromatic rings. The lowest BCUT2D eigenvalue weighted by Gasteiger charge is -2.32. The lowest BCUT2D eigenvalue weighted by molar-refractivity contribution is 0.660. The SMILES string of the molecule is CC1(C)c2cc(-c3ccccc3)ccc2-c2ccc(N(c3cccc(-c4ccccc4)c3)c3c(-c4ccc(-c5ccccc5)cc4)c4ccccc4c4ccccc34)cc21. The third kappa shape index (κ3) is 5.93.